The molecule has 1 aliphatic rings. The number of para-hydroxylation sites is 1. The summed E-state index contributed by atoms with van der Waals surface area (Å²) in [5.41, 5.74) is 3.06. The van der Waals surface area contributed by atoms with Gasteiger partial charge in [0, 0.05) is 44.2 Å². The molecule has 0 amide bonds. The van der Waals surface area contributed by atoms with Gasteiger partial charge in [0.2, 0.25) is 16.0 Å². The Morgan fingerprint density at radius 1 is 0.854 bits per heavy atom. The lowest BCUT2D eigenvalue weighted by Crippen LogP contribution is -2.47. The molecule has 9 heteroatoms. The molecule has 0 aliphatic heterocycles. The molecule has 216 valence electrons. The third-order valence-electron chi connectivity index (χ3n) is 7.70. The zero-order chi connectivity index (χ0) is 28.8. The molecule has 0 radical (unpaired) electrons. The molecule has 8 nitrogen and oxygen atoms in total. The Labute approximate surface area is 243 Å². The van der Waals surface area contributed by atoms with Gasteiger partial charge in [0.05, 0.1) is 10.4 Å². The van der Waals surface area contributed by atoms with Crippen LogP contribution in [0, 0.1) is 6.92 Å². The first-order valence-electron chi connectivity index (χ1n) is 14.3. The van der Waals surface area contributed by atoms with Crippen LogP contribution in [-0.2, 0) is 16.4 Å². The molecule has 0 saturated heterocycles. The molecule has 1 heterocycles. The summed E-state index contributed by atoms with van der Waals surface area (Å²) in [5, 5.41) is 8.28. The largest absolute Gasteiger partial charge is 0.362 e. The highest BCUT2D eigenvalue weighted by atomic mass is 32.2. The Bertz CT molecular complexity index is 1540. The second-order valence-electron chi connectivity index (χ2n) is 11.2. The number of nitrogens with one attached hydrogen (secondary N) is 3. The predicted octanol–water partition coefficient (Wildman–Crippen LogP) is 4.91. The highest BCUT2D eigenvalue weighted by Gasteiger charge is 2.25. The fourth-order valence-corrected chi connectivity index (χ4v) is 6.69. The van der Waals surface area contributed by atoms with Gasteiger partial charge in [-0.15, -0.1) is 0 Å². The number of anilines is 2. The zero-order valence-electron chi connectivity index (χ0n) is 24.0. The molecule has 5 rings (SSSR count). The summed E-state index contributed by atoms with van der Waals surface area (Å²) in [6.07, 6.45) is 4.58. The molecular formula is C32H40N6O2S. The first kappa shape index (κ1) is 29.0. The third kappa shape index (κ3) is 7.61. The summed E-state index contributed by atoms with van der Waals surface area (Å²) in [6.45, 7) is 2.51. The molecule has 1 saturated carbocycles. The van der Waals surface area contributed by atoms with E-state index in [9.17, 15) is 8.42 Å². The number of aryl methyl sites for hydroxylation is 1. The molecule has 0 unspecified atom stereocenters. The third-order valence-corrected chi connectivity index (χ3v) is 9.23. The van der Waals surface area contributed by atoms with Crippen molar-refractivity contribution in [2.45, 2.75) is 62.0 Å². The van der Waals surface area contributed by atoms with Crippen molar-refractivity contribution in [1.29, 1.82) is 0 Å². The van der Waals surface area contributed by atoms with Crippen molar-refractivity contribution >= 4 is 32.7 Å². The van der Waals surface area contributed by atoms with Crippen molar-refractivity contribution in [3.05, 3.63) is 90.0 Å². The van der Waals surface area contributed by atoms with E-state index in [4.69, 9.17) is 9.97 Å². The van der Waals surface area contributed by atoms with E-state index in [2.05, 4.69) is 21.4 Å². The first-order chi connectivity index (χ1) is 19.8. The van der Waals surface area contributed by atoms with Crippen molar-refractivity contribution < 1.29 is 8.42 Å². The molecule has 3 aromatic carbocycles. The van der Waals surface area contributed by atoms with Gasteiger partial charge < -0.3 is 15.5 Å². The molecule has 1 atom stereocenters. The van der Waals surface area contributed by atoms with E-state index >= 15 is 0 Å². The number of sulfonamides is 1. The van der Waals surface area contributed by atoms with Crippen LogP contribution in [0.25, 0.3) is 10.9 Å². The Kier molecular flexibility index (Phi) is 9.17. The smallest absolute Gasteiger partial charge is 0.240 e. The highest BCUT2D eigenvalue weighted by molar-refractivity contribution is 7.89. The van der Waals surface area contributed by atoms with E-state index in [0.717, 1.165) is 53.5 Å². The van der Waals surface area contributed by atoms with E-state index in [1.54, 1.807) is 12.1 Å². The quantitative estimate of drug-likeness (QED) is 0.235. The van der Waals surface area contributed by atoms with Crippen molar-refractivity contribution in [1.82, 2.24) is 20.0 Å². The summed E-state index contributed by atoms with van der Waals surface area (Å²) >= 11 is 0. The SMILES string of the molecule is Cc1ccc(S(=O)(=O)N[C@H](CN[C@H]2CC[C@@H](Nc3nc(N(C)C)c4ccccc4n3)CC2)Cc2ccccc2)cc1. The lowest BCUT2D eigenvalue weighted by molar-refractivity contribution is 0.342. The molecule has 4 aromatic rings. The van der Waals surface area contributed by atoms with E-state index in [0.29, 0.717) is 35.9 Å². The topological polar surface area (TPSA) is 99.2 Å². The highest BCUT2D eigenvalue weighted by Crippen LogP contribution is 2.26. The predicted molar refractivity (Wildman–Crippen MR) is 167 cm³/mol. The van der Waals surface area contributed by atoms with Crippen molar-refractivity contribution in [3.8, 4) is 0 Å². The fraction of sp³-hybridized carbons (Fsp3) is 0.375. The van der Waals surface area contributed by atoms with Crippen molar-refractivity contribution in [3.63, 3.8) is 0 Å². The second-order valence-corrected chi connectivity index (χ2v) is 12.9. The van der Waals surface area contributed by atoms with Crippen molar-refractivity contribution in [2.24, 2.45) is 0 Å². The molecule has 0 spiro atoms. The minimum absolute atomic E-state index is 0.269. The average molecular weight is 573 g/mol. The van der Waals surface area contributed by atoms with Crippen LogP contribution in [0.15, 0.2) is 83.8 Å². The lowest BCUT2D eigenvalue weighted by atomic mass is 9.91. The van der Waals surface area contributed by atoms with Crippen LogP contribution in [-0.4, -0.2) is 57.2 Å². The number of nitrogens with zero attached hydrogens (tertiary/aromatic N) is 3. The summed E-state index contributed by atoms with van der Waals surface area (Å²) in [5.74, 6) is 1.57. The number of rotatable bonds is 11. The molecule has 41 heavy (non-hydrogen) atoms. The standard InChI is InChI=1S/C32H40N6O2S/c1-23-13-19-28(20-14-23)41(39,40)37-27(21-24-9-5-4-6-10-24)22-33-25-15-17-26(18-16-25)34-32-35-30-12-8-7-11-29(30)31(36-32)38(2)3/h4-14,19-20,25-27,33,37H,15-18,21-22H2,1-3H3,(H,34,35,36)/t25-,26+,27-/m0/s1. The number of fused-ring (bicyclic) bond motifs is 1. The van der Waals surface area contributed by atoms with Crippen LogP contribution in [0.2, 0.25) is 0 Å². The van der Waals surface area contributed by atoms with E-state index < -0.39 is 10.0 Å². The van der Waals surface area contributed by atoms with E-state index in [-0.39, 0.29) is 6.04 Å². The normalized spacial score (nSPS) is 18.2. The fourth-order valence-electron chi connectivity index (χ4n) is 5.46. The van der Waals surface area contributed by atoms with E-state index in [1.165, 1.54) is 0 Å². The van der Waals surface area contributed by atoms with Gasteiger partial charge in [0.15, 0.2) is 0 Å². The molecular weight excluding hydrogens is 532 g/mol. The van der Waals surface area contributed by atoms with Gasteiger partial charge in [-0.2, -0.15) is 4.98 Å². The van der Waals surface area contributed by atoms with Crippen LogP contribution in [0.3, 0.4) is 0 Å². The second kappa shape index (κ2) is 13.0. The van der Waals surface area contributed by atoms with Crippen LogP contribution in [0.4, 0.5) is 11.8 Å². The number of benzene rings is 3. The first-order valence-corrected chi connectivity index (χ1v) is 15.8. The number of aromatic nitrogens is 2. The van der Waals surface area contributed by atoms with Crippen LogP contribution < -0.4 is 20.3 Å². The summed E-state index contributed by atoms with van der Waals surface area (Å²) in [7, 11) is 0.367. The van der Waals surface area contributed by atoms with Crippen LogP contribution in [0.1, 0.15) is 36.8 Å². The number of hydrogen-bond acceptors (Lipinski definition) is 7. The molecule has 1 aromatic heterocycles. The van der Waals surface area contributed by atoms with Gasteiger partial charge in [-0.3, -0.25) is 0 Å². The molecule has 1 fully saturated rings. The Hall–Kier alpha value is -3.53. The maximum Gasteiger partial charge on any atom is 0.240 e. The molecule has 1 aliphatic carbocycles. The summed E-state index contributed by atoms with van der Waals surface area (Å²) in [6, 6.07) is 25.5. The zero-order valence-corrected chi connectivity index (χ0v) is 24.9. The Balaban J connectivity index is 1.19. The van der Waals surface area contributed by atoms with Gasteiger partial charge >= 0.3 is 0 Å². The molecule has 3 N–H and O–H groups in total. The monoisotopic (exact) mass is 572 g/mol. The maximum absolute atomic E-state index is 13.2. The lowest BCUT2D eigenvalue weighted by Gasteiger charge is -2.31. The van der Waals surface area contributed by atoms with Gasteiger partial charge in [-0.05, 0) is 68.9 Å². The summed E-state index contributed by atoms with van der Waals surface area (Å²) in [4.78, 5) is 11.9. The minimum atomic E-state index is -3.64. The Morgan fingerprint density at radius 2 is 1.51 bits per heavy atom. The van der Waals surface area contributed by atoms with Gasteiger partial charge in [0.25, 0.3) is 0 Å². The minimum Gasteiger partial charge on any atom is -0.362 e. The van der Waals surface area contributed by atoms with Gasteiger partial charge in [0.1, 0.15) is 5.82 Å². The Morgan fingerprint density at radius 3 is 2.22 bits per heavy atom. The van der Waals surface area contributed by atoms with Crippen molar-refractivity contribution in [2.75, 3.05) is 30.9 Å². The van der Waals surface area contributed by atoms with Crippen LogP contribution in [0.5, 0.6) is 0 Å². The number of hydrogen-bond donors (Lipinski definition) is 3. The molecule has 0 bridgehead atoms. The summed E-state index contributed by atoms with van der Waals surface area (Å²) < 4.78 is 29.4. The van der Waals surface area contributed by atoms with Gasteiger partial charge in [-0.25, -0.2) is 18.1 Å². The average Bonchev–Trinajstić information content (AvgIpc) is 2.97. The maximum atomic E-state index is 13.2. The van der Waals surface area contributed by atoms with Gasteiger partial charge in [-0.1, -0.05) is 60.2 Å². The van der Waals surface area contributed by atoms with Crippen LogP contribution >= 0.6 is 0 Å². The van der Waals surface area contributed by atoms with E-state index in [1.807, 2.05) is 86.6 Å².